The highest BCUT2D eigenvalue weighted by atomic mass is 79.9. The van der Waals surface area contributed by atoms with Crippen LogP contribution in [-0.2, 0) is 0 Å². The van der Waals surface area contributed by atoms with Crippen LogP contribution in [0.5, 0.6) is 0 Å². The predicted octanol–water partition coefficient (Wildman–Crippen LogP) is 3.49. The Hall–Kier alpha value is -3.84. The van der Waals surface area contributed by atoms with Crippen molar-refractivity contribution in [3.8, 4) is 0 Å². The fraction of sp³-hybridized carbons (Fsp3) is 0.370. The molecule has 2 atom stereocenters. The summed E-state index contributed by atoms with van der Waals surface area (Å²) < 4.78 is 14.7. The lowest BCUT2D eigenvalue weighted by atomic mass is 10.0. The molecule has 5 rings (SSSR count). The second-order valence-corrected chi connectivity index (χ2v) is 11.1. The summed E-state index contributed by atoms with van der Waals surface area (Å²) in [6.07, 6.45) is 1.88. The van der Waals surface area contributed by atoms with Crippen molar-refractivity contribution in [3.05, 3.63) is 78.3 Å². The quantitative estimate of drug-likeness (QED) is 0.285. The van der Waals surface area contributed by atoms with E-state index in [1.165, 1.54) is 18.2 Å². The Labute approximate surface area is 237 Å². The number of benzene rings is 2. The molecule has 1 aliphatic heterocycles. The van der Waals surface area contributed by atoms with Crippen LogP contribution in [0, 0.1) is 15.9 Å². The first-order valence-corrected chi connectivity index (χ1v) is 13.8. The summed E-state index contributed by atoms with van der Waals surface area (Å²) in [5.74, 6) is -1.51. The van der Waals surface area contributed by atoms with E-state index in [1.807, 2.05) is 7.05 Å². The predicted molar refractivity (Wildman–Crippen MR) is 151 cm³/mol. The zero-order chi connectivity index (χ0) is 28.6. The molecule has 2 heterocycles. The van der Waals surface area contributed by atoms with Gasteiger partial charge in [-0.1, -0.05) is 28.1 Å². The van der Waals surface area contributed by atoms with Crippen molar-refractivity contribution in [2.24, 2.45) is 0 Å². The maximum atomic E-state index is 14.3. The van der Waals surface area contributed by atoms with E-state index in [0.717, 1.165) is 12.5 Å². The molecule has 2 aliphatic rings. The van der Waals surface area contributed by atoms with Gasteiger partial charge >= 0.3 is 0 Å². The standard InChI is InChI=1S/C27H28BrFN6O5/c1-33-8-10-34(11-9-33)27(38)18-12-15(28)13-22(35(39)40)25(18)30-20-6-3-7-21(20)31-26(37)17-14-23(36)32-24-16(17)4-2-5-19(24)29/h2,4-5,12-14,20-21,30H,3,6-11H2,1H3,(H,31,37)(H,32,36)/t20-,21+/m1/s1. The Kier molecular flexibility index (Phi) is 7.86. The van der Waals surface area contributed by atoms with Crippen molar-refractivity contribution >= 4 is 50.0 Å². The summed E-state index contributed by atoms with van der Waals surface area (Å²) in [6, 6.07) is 7.38. The van der Waals surface area contributed by atoms with Crippen LogP contribution in [0.15, 0.2) is 45.7 Å². The number of rotatable bonds is 6. The smallest absolute Gasteiger partial charge is 0.294 e. The molecule has 1 aliphatic carbocycles. The van der Waals surface area contributed by atoms with E-state index >= 15 is 0 Å². The van der Waals surface area contributed by atoms with E-state index in [-0.39, 0.29) is 39.3 Å². The van der Waals surface area contributed by atoms with Crippen LogP contribution in [0.1, 0.15) is 40.0 Å². The van der Waals surface area contributed by atoms with Gasteiger partial charge in [0.25, 0.3) is 17.5 Å². The molecule has 2 amide bonds. The van der Waals surface area contributed by atoms with Crippen LogP contribution in [0.2, 0.25) is 0 Å². The Morgan fingerprint density at radius 3 is 2.55 bits per heavy atom. The molecular formula is C27H28BrFN6O5. The van der Waals surface area contributed by atoms with Gasteiger partial charge in [0.05, 0.1) is 21.6 Å². The van der Waals surface area contributed by atoms with Gasteiger partial charge in [0.1, 0.15) is 11.5 Å². The molecule has 0 bridgehead atoms. The molecule has 0 radical (unpaired) electrons. The Morgan fingerprint density at radius 2 is 1.82 bits per heavy atom. The SMILES string of the molecule is CN1CCN(C(=O)c2cc(Br)cc([N+](=O)[O-])c2N[C@@H]2CCC[C@@H]2NC(=O)c2cc(=O)[nH]c3c(F)cccc23)CC1. The summed E-state index contributed by atoms with van der Waals surface area (Å²) in [7, 11) is 1.97. The highest BCUT2D eigenvalue weighted by Gasteiger charge is 2.34. The molecule has 1 aromatic heterocycles. The van der Waals surface area contributed by atoms with Gasteiger partial charge in [-0.2, -0.15) is 0 Å². The number of carbonyl (C=O) groups is 2. The average molecular weight is 615 g/mol. The number of amides is 2. The Morgan fingerprint density at radius 1 is 1.10 bits per heavy atom. The number of nitro groups is 1. The van der Waals surface area contributed by atoms with Crippen LogP contribution in [0.3, 0.4) is 0 Å². The van der Waals surface area contributed by atoms with E-state index in [1.54, 1.807) is 17.0 Å². The number of hydrogen-bond donors (Lipinski definition) is 3. The minimum Gasteiger partial charge on any atom is -0.374 e. The number of para-hydroxylation sites is 1. The number of halogens is 2. The van der Waals surface area contributed by atoms with E-state index in [4.69, 9.17) is 0 Å². The number of piperazine rings is 1. The van der Waals surface area contributed by atoms with E-state index < -0.39 is 34.3 Å². The molecule has 210 valence electrons. The molecule has 2 aromatic carbocycles. The third kappa shape index (κ3) is 5.56. The maximum Gasteiger partial charge on any atom is 0.294 e. The number of likely N-dealkylation sites (N-methyl/N-ethyl adjacent to an activating group) is 1. The highest BCUT2D eigenvalue weighted by molar-refractivity contribution is 9.10. The lowest BCUT2D eigenvalue weighted by Crippen LogP contribution is -2.47. The second-order valence-electron chi connectivity index (χ2n) is 10.2. The second kappa shape index (κ2) is 11.3. The average Bonchev–Trinajstić information content (AvgIpc) is 3.35. The summed E-state index contributed by atoms with van der Waals surface area (Å²) in [5.41, 5.74) is -0.602. The summed E-state index contributed by atoms with van der Waals surface area (Å²) in [4.78, 5) is 56.8. The Balaban J connectivity index is 1.44. The Bertz CT molecular complexity index is 1550. The highest BCUT2D eigenvalue weighted by Crippen LogP contribution is 2.36. The minimum absolute atomic E-state index is 0.0319. The van der Waals surface area contributed by atoms with Crippen LogP contribution >= 0.6 is 15.9 Å². The number of pyridine rings is 1. The molecule has 40 heavy (non-hydrogen) atoms. The van der Waals surface area contributed by atoms with Crippen LogP contribution < -0.4 is 16.2 Å². The maximum absolute atomic E-state index is 14.3. The molecule has 3 aromatic rings. The van der Waals surface area contributed by atoms with Gasteiger partial charge in [0, 0.05) is 60.3 Å². The molecule has 2 fully saturated rings. The normalized spacial score (nSPS) is 19.5. The van der Waals surface area contributed by atoms with E-state index in [2.05, 4.69) is 36.4 Å². The van der Waals surface area contributed by atoms with E-state index in [0.29, 0.717) is 43.5 Å². The van der Waals surface area contributed by atoms with Gasteiger partial charge in [-0.05, 0) is 38.4 Å². The third-order valence-electron chi connectivity index (χ3n) is 7.53. The fourth-order valence-electron chi connectivity index (χ4n) is 5.41. The van der Waals surface area contributed by atoms with E-state index in [9.17, 15) is 28.9 Å². The monoisotopic (exact) mass is 614 g/mol. The van der Waals surface area contributed by atoms with Crippen molar-refractivity contribution in [1.82, 2.24) is 20.1 Å². The molecule has 13 heteroatoms. The molecule has 1 saturated carbocycles. The number of carbonyl (C=O) groups excluding carboxylic acids is 2. The number of hydrogen-bond acceptors (Lipinski definition) is 7. The number of nitrogens with zero attached hydrogens (tertiary/aromatic N) is 3. The lowest BCUT2D eigenvalue weighted by molar-refractivity contribution is -0.384. The van der Waals surface area contributed by atoms with Gasteiger partial charge < -0.3 is 25.4 Å². The number of H-pyrrole nitrogens is 1. The minimum atomic E-state index is -0.648. The molecule has 3 N–H and O–H groups in total. The fourth-order valence-corrected chi connectivity index (χ4v) is 5.85. The number of aromatic amines is 1. The lowest BCUT2D eigenvalue weighted by Gasteiger charge is -2.33. The molecule has 0 unspecified atom stereocenters. The largest absolute Gasteiger partial charge is 0.374 e. The number of nitro benzene ring substituents is 1. The third-order valence-corrected chi connectivity index (χ3v) is 7.99. The number of nitrogens with one attached hydrogen (secondary N) is 3. The zero-order valence-corrected chi connectivity index (χ0v) is 23.3. The topological polar surface area (TPSA) is 141 Å². The first-order valence-electron chi connectivity index (χ1n) is 13.0. The van der Waals surface area contributed by atoms with Gasteiger partial charge in [0.15, 0.2) is 0 Å². The molecule has 0 spiro atoms. The van der Waals surface area contributed by atoms with Gasteiger partial charge in [0.2, 0.25) is 5.56 Å². The van der Waals surface area contributed by atoms with Gasteiger partial charge in [-0.3, -0.25) is 24.5 Å². The first kappa shape index (κ1) is 27.7. The van der Waals surface area contributed by atoms with Crippen LogP contribution in [0.25, 0.3) is 10.9 Å². The number of aromatic nitrogens is 1. The van der Waals surface area contributed by atoms with Crippen LogP contribution in [0.4, 0.5) is 15.8 Å². The van der Waals surface area contributed by atoms with Crippen molar-refractivity contribution < 1.29 is 18.9 Å². The van der Waals surface area contributed by atoms with Crippen molar-refractivity contribution in [2.45, 2.75) is 31.3 Å². The molecular weight excluding hydrogens is 587 g/mol. The van der Waals surface area contributed by atoms with Gasteiger partial charge in [-0.25, -0.2) is 4.39 Å². The molecule has 11 nitrogen and oxygen atoms in total. The number of anilines is 1. The van der Waals surface area contributed by atoms with Crippen molar-refractivity contribution in [2.75, 3.05) is 38.5 Å². The molecule has 1 saturated heterocycles. The summed E-state index contributed by atoms with van der Waals surface area (Å²) in [6.45, 7) is 2.40. The van der Waals surface area contributed by atoms with Crippen LogP contribution in [-0.4, -0.2) is 76.8 Å². The van der Waals surface area contributed by atoms with Crippen molar-refractivity contribution in [1.29, 1.82) is 0 Å². The van der Waals surface area contributed by atoms with Crippen molar-refractivity contribution in [3.63, 3.8) is 0 Å². The van der Waals surface area contributed by atoms with Gasteiger partial charge in [-0.15, -0.1) is 0 Å². The first-order chi connectivity index (χ1) is 19.1. The summed E-state index contributed by atoms with van der Waals surface area (Å²) in [5, 5.41) is 18.5. The zero-order valence-electron chi connectivity index (χ0n) is 21.7. The summed E-state index contributed by atoms with van der Waals surface area (Å²) >= 11 is 3.31. The number of fused-ring (bicyclic) bond motifs is 1.